The summed E-state index contributed by atoms with van der Waals surface area (Å²) in [6.45, 7) is 15.4. The molecule has 5 heteroatoms. The van der Waals surface area contributed by atoms with Gasteiger partial charge in [0.2, 0.25) is 0 Å². The zero-order valence-electron chi connectivity index (χ0n) is 26.3. The predicted molar refractivity (Wildman–Crippen MR) is 175 cm³/mol. The summed E-state index contributed by atoms with van der Waals surface area (Å²) in [6, 6.07) is 16.5. The third kappa shape index (κ3) is 9.55. The molecular formula is C37H50N2O3. The molecule has 2 aromatic carbocycles. The van der Waals surface area contributed by atoms with Crippen LogP contribution in [0.25, 0.3) is 0 Å². The average Bonchev–Trinajstić information content (AvgIpc) is 2.96. The van der Waals surface area contributed by atoms with Crippen molar-refractivity contribution in [3.8, 4) is 0 Å². The van der Waals surface area contributed by atoms with Gasteiger partial charge in [0.1, 0.15) is 0 Å². The Hall–Kier alpha value is -3.44. The van der Waals surface area contributed by atoms with Gasteiger partial charge in [-0.05, 0) is 100 Å². The summed E-state index contributed by atoms with van der Waals surface area (Å²) in [5.74, 6) is 0.396. The molecule has 226 valence electrons. The lowest BCUT2D eigenvalue weighted by Gasteiger charge is -2.33. The van der Waals surface area contributed by atoms with E-state index < -0.39 is 11.4 Å². The van der Waals surface area contributed by atoms with Crippen molar-refractivity contribution in [2.45, 2.75) is 66.3 Å². The maximum absolute atomic E-state index is 13.0. The van der Waals surface area contributed by atoms with Crippen LogP contribution in [0, 0.1) is 24.2 Å². The van der Waals surface area contributed by atoms with E-state index in [1.54, 1.807) is 26.0 Å². The summed E-state index contributed by atoms with van der Waals surface area (Å²) < 4.78 is 0. The highest BCUT2D eigenvalue weighted by molar-refractivity contribution is 5.96. The van der Waals surface area contributed by atoms with Crippen LogP contribution in [0.1, 0.15) is 74.4 Å². The van der Waals surface area contributed by atoms with Gasteiger partial charge < -0.3 is 14.9 Å². The van der Waals surface area contributed by atoms with Crippen molar-refractivity contribution in [1.29, 1.82) is 0 Å². The highest BCUT2D eigenvalue weighted by Gasteiger charge is 2.30. The predicted octanol–water partition coefficient (Wildman–Crippen LogP) is 8.11. The number of aryl methyl sites for hydroxylation is 1. The van der Waals surface area contributed by atoms with E-state index in [1.165, 1.54) is 24.1 Å². The molecule has 5 nitrogen and oxygen atoms in total. The number of aliphatic carboxylic acids is 1. The smallest absolute Gasteiger partial charge is 0.313 e. The molecule has 1 atom stereocenters. The van der Waals surface area contributed by atoms with Gasteiger partial charge in [-0.15, -0.1) is 0 Å². The fourth-order valence-corrected chi connectivity index (χ4v) is 5.81. The Kier molecular flexibility index (Phi) is 12.4. The topological polar surface area (TPSA) is 60.9 Å². The third-order valence-corrected chi connectivity index (χ3v) is 8.62. The highest BCUT2D eigenvalue weighted by Crippen LogP contribution is 2.29. The summed E-state index contributed by atoms with van der Waals surface area (Å²) in [7, 11) is 2.10. The van der Waals surface area contributed by atoms with Crippen molar-refractivity contribution < 1.29 is 14.7 Å². The number of rotatable bonds is 15. The number of likely N-dealkylation sites (tertiary alicyclic amines) is 1. The Morgan fingerprint density at radius 3 is 2.52 bits per heavy atom. The SMILES string of the molecule is C=C/C=C(\C=C/C(C)CN1CCC(CCCC(=O)c2cccc(CN(C)c3ccccc3C)c2)CC1)C(C)(C)C(=O)O. The number of para-hydroxylation sites is 1. The van der Waals surface area contributed by atoms with E-state index in [0.29, 0.717) is 18.3 Å². The number of carboxylic acids is 1. The van der Waals surface area contributed by atoms with Gasteiger partial charge in [0, 0.05) is 37.8 Å². The number of carbonyl (C=O) groups is 2. The molecule has 1 unspecified atom stereocenters. The van der Waals surface area contributed by atoms with Gasteiger partial charge in [0.05, 0.1) is 5.41 Å². The molecular weight excluding hydrogens is 520 g/mol. The summed E-state index contributed by atoms with van der Waals surface area (Å²) >= 11 is 0. The molecule has 2 aromatic rings. The summed E-state index contributed by atoms with van der Waals surface area (Å²) in [6.07, 6.45) is 12.5. The fourth-order valence-electron chi connectivity index (χ4n) is 5.81. The maximum atomic E-state index is 13.0. The molecule has 1 saturated heterocycles. The molecule has 1 fully saturated rings. The van der Waals surface area contributed by atoms with Crippen molar-refractivity contribution in [1.82, 2.24) is 4.90 Å². The lowest BCUT2D eigenvalue weighted by atomic mass is 9.83. The van der Waals surface area contributed by atoms with Crippen LogP contribution in [0.5, 0.6) is 0 Å². The minimum absolute atomic E-state index is 0.240. The van der Waals surface area contributed by atoms with Gasteiger partial charge in [-0.25, -0.2) is 0 Å². The Morgan fingerprint density at radius 1 is 1.14 bits per heavy atom. The van der Waals surface area contributed by atoms with Crippen molar-refractivity contribution >= 4 is 17.4 Å². The Morgan fingerprint density at radius 2 is 1.86 bits per heavy atom. The van der Waals surface area contributed by atoms with Gasteiger partial charge in [-0.1, -0.05) is 74.2 Å². The van der Waals surface area contributed by atoms with Gasteiger partial charge in [-0.3, -0.25) is 9.59 Å². The van der Waals surface area contributed by atoms with E-state index in [-0.39, 0.29) is 5.78 Å². The van der Waals surface area contributed by atoms with E-state index in [0.717, 1.165) is 55.7 Å². The van der Waals surface area contributed by atoms with Crippen LogP contribution in [0.4, 0.5) is 5.69 Å². The largest absolute Gasteiger partial charge is 0.481 e. The van der Waals surface area contributed by atoms with Gasteiger partial charge in [-0.2, -0.15) is 0 Å². The Bertz CT molecular complexity index is 1270. The monoisotopic (exact) mass is 570 g/mol. The van der Waals surface area contributed by atoms with Crippen LogP contribution in [0.2, 0.25) is 0 Å². The second kappa shape index (κ2) is 15.7. The molecule has 1 heterocycles. The van der Waals surface area contributed by atoms with Crippen LogP contribution in [0.15, 0.2) is 85.0 Å². The molecule has 0 radical (unpaired) electrons. The van der Waals surface area contributed by atoms with Gasteiger partial charge in [0.15, 0.2) is 5.78 Å². The minimum Gasteiger partial charge on any atom is -0.481 e. The highest BCUT2D eigenvalue weighted by atomic mass is 16.4. The minimum atomic E-state index is -0.953. The van der Waals surface area contributed by atoms with Crippen LogP contribution in [-0.4, -0.2) is 48.4 Å². The molecule has 1 aliphatic heterocycles. The maximum Gasteiger partial charge on any atom is 0.313 e. The number of Topliss-reactive ketones (excluding diaryl/α,β-unsaturated/α-hetero) is 1. The van der Waals surface area contributed by atoms with Gasteiger partial charge in [0.25, 0.3) is 0 Å². The number of benzene rings is 2. The molecule has 0 aliphatic carbocycles. The third-order valence-electron chi connectivity index (χ3n) is 8.62. The van der Waals surface area contributed by atoms with E-state index >= 15 is 0 Å². The number of hydrogen-bond acceptors (Lipinski definition) is 4. The molecule has 3 rings (SSSR count). The van der Waals surface area contributed by atoms with E-state index in [4.69, 9.17) is 0 Å². The number of carbonyl (C=O) groups excluding carboxylic acids is 1. The van der Waals surface area contributed by atoms with E-state index in [1.807, 2.05) is 18.2 Å². The van der Waals surface area contributed by atoms with Crippen molar-refractivity contribution in [2.24, 2.45) is 17.3 Å². The Balaban J connectivity index is 1.41. The average molecular weight is 571 g/mol. The molecule has 0 aromatic heterocycles. The summed E-state index contributed by atoms with van der Waals surface area (Å²) in [4.78, 5) is 29.4. The standard InChI is InChI=1S/C37H50N2O3/c1-7-12-33(37(4,5)36(41)42)20-19-28(2)26-39-23-21-30(22-24-39)14-11-18-35(40)32-16-10-15-31(25-32)27-38(6)34-17-9-8-13-29(34)3/h7-10,12-13,15-17,19-20,25,28,30H,1,11,14,18,21-24,26-27H2,2-6H3,(H,41,42)/b20-19-,33-12+. The van der Waals surface area contributed by atoms with Crippen molar-refractivity contribution in [3.05, 3.63) is 102 Å². The summed E-state index contributed by atoms with van der Waals surface area (Å²) in [5, 5.41) is 9.58. The van der Waals surface area contributed by atoms with Crippen LogP contribution in [-0.2, 0) is 11.3 Å². The lowest BCUT2D eigenvalue weighted by molar-refractivity contribution is -0.144. The van der Waals surface area contributed by atoms with Crippen molar-refractivity contribution in [2.75, 3.05) is 31.6 Å². The Labute approximate surface area is 253 Å². The zero-order chi connectivity index (χ0) is 30.7. The second-order valence-corrected chi connectivity index (χ2v) is 12.5. The number of piperidine rings is 1. The zero-order valence-corrected chi connectivity index (χ0v) is 26.3. The van der Waals surface area contributed by atoms with Gasteiger partial charge >= 0.3 is 5.97 Å². The number of nitrogens with zero attached hydrogens (tertiary/aromatic N) is 2. The van der Waals surface area contributed by atoms with Crippen LogP contribution in [0.3, 0.4) is 0 Å². The first kappa shape index (κ1) is 33.1. The first-order valence-corrected chi connectivity index (χ1v) is 15.4. The molecule has 42 heavy (non-hydrogen) atoms. The van der Waals surface area contributed by atoms with Crippen LogP contribution < -0.4 is 4.90 Å². The molecule has 1 aliphatic rings. The van der Waals surface area contributed by atoms with E-state index in [2.05, 4.69) is 79.7 Å². The summed E-state index contributed by atoms with van der Waals surface area (Å²) in [5.41, 5.74) is 4.23. The second-order valence-electron chi connectivity index (χ2n) is 12.5. The van der Waals surface area contributed by atoms with Crippen molar-refractivity contribution in [3.63, 3.8) is 0 Å². The molecule has 0 spiro atoms. The fraction of sp³-hybridized carbons (Fsp3) is 0.459. The number of ketones is 1. The quantitative estimate of drug-likeness (QED) is 0.173. The van der Waals surface area contributed by atoms with Crippen LogP contribution >= 0.6 is 0 Å². The number of anilines is 1. The molecule has 0 amide bonds. The molecule has 0 bridgehead atoms. The molecule has 1 N–H and O–H groups in total. The number of allylic oxidation sites excluding steroid dienone is 3. The number of carboxylic acid groups (broad SMARTS) is 1. The number of hydrogen-bond donors (Lipinski definition) is 1. The molecule has 0 saturated carbocycles. The first-order valence-electron chi connectivity index (χ1n) is 15.4. The first-order chi connectivity index (χ1) is 20.0. The normalized spacial score (nSPS) is 16.0. The lowest BCUT2D eigenvalue weighted by Crippen LogP contribution is -2.36. The van der Waals surface area contributed by atoms with E-state index in [9.17, 15) is 14.7 Å².